The van der Waals surface area contributed by atoms with Crippen LogP contribution in [0.1, 0.15) is 30.0 Å². The molecule has 5 nitrogen and oxygen atoms in total. The Morgan fingerprint density at radius 2 is 2.42 bits per heavy atom. The molecule has 0 aromatic carbocycles. The Balaban J connectivity index is 2.19. The molecule has 0 aliphatic heterocycles. The molecule has 1 unspecified atom stereocenters. The highest BCUT2D eigenvalue weighted by Crippen LogP contribution is 2.32. The predicted octanol–water partition coefficient (Wildman–Crippen LogP) is 2.11. The van der Waals surface area contributed by atoms with Crippen LogP contribution in [0, 0.1) is 0 Å². The molecule has 6 heteroatoms. The van der Waals surface area contributed by atoms with Gasteiger partial charge in [-0.15, -0.1) is 0 Å². The van der Waals surface area contributed by atoms with E-state index < -0.39 is 0 Å². The Kier molecular flexibility index (Phi) is 4.81. The molecular weight excluding hydrogens is 262 g/mol. The van der Waals surface area contributed by atoms with Crippen molar-refractivity contribution >= 4 is 11.8 Å². The van der Waals surface area contributed by atoms with Gasteiger partial charge in [0.2, 0.25) is 0 Å². The molecule has 0 saturated carbocycles. The molecule has 0 aliphatic carbocycles. The molecule has 0 bridgehead atoms. The Morgan fingerprint density at radius 1 is 1.58 bits per heavy atom. The molecule has 0 radical (unpaired) electrons. The lowest BCUT2D eigenvalue weighted by molar-refractivity contribution is 0.506. The van der Waals surface area contributed by atoms with Crippen LogP contribution in [0.15, 0.2) is 38.8 Å². The van der Waals surface area contributed by atoms with Crippen molar-refractivity contribution in [1.29, 1.82) is 0 Å². The number of thioether (sulfide) groups is 1. The van der Waals surface area contributed by atoms with Crippen LogP contribution in [0.5, 0.6) is 0 Å². The maximum Gasteiger partial charge on any atom is 0.251 e. The summed E-state index contributed by atoms with van der Waals surface area (Å²) in [4.78, 5) is 18.7. The van der Waals surface area contributed by atoms with Gasteiger partial charge in [-0.05, 0) is 18.6 Å². The van der Waals surface area contributed by atoms with Crippen LogP contribution >= 0.6 is 11.8 Å². The molecule has 102 valence electrons. The number of aromatic amines is 1. The summed E-state index contributed by atoms with van der Waals surface area (Å²) >= 11 is 1.42. The number of nitrogens with one attached hydrogen (secondary N) is 1. The number of aromatic nitrogens is 2. The van der Waals surface area contributed by atoms with Gasteiger partial charge < -0.3 is 15.1 Å². The van der Waals surface area contributed by atoms with Gasteiger partial charge in [-0.2, -0.15) is 0 Å². The maximum atomic E-state index is 11.6. The zero-order valence-electron chi connectivity index (χ0n) is 10.8. The lowest BCUT2D eigenvalue weighted by Gasteiger charge is -2.11. The summed E-state index contributed by atoms with van der Waals surface area (Å²) in [6.07, 6.45) is 3.37. The summed E-state index contributed by atoms with van der Waals surface area (Å²) in [7, 11) is 0. The summed E-state index contributed by atoms with van der Waals surface area (Å²) in [6, 6.07) is 5.23. The highest BCUT2D eigenvalue weighted by Gasteiger charge is 2.16. The summed E-state index contributed by atoms with van der Waals surface area (Å²) < 4.78 is 5.35. The topological polar surface area (TPSA) is 84.9 Å². The number of nitrogens with zero attached hydrogens (tertiary/aromatic N) is 1. The summed E-state index contributed by atoms with van der Waals surface area (Å²) in [5, 5.41) is 0.540. The smallest absolute Gasteiger partial charge is 0.251 e. The van der Waals surface area contributed by atoms with Crippen molar-refractivity contribution in [2.75, 3.05) is 6.54 Å². The molecular formula is C13H17N3O2S. The third-order valence-electron chi connectivity index (χ3n) is 2.61. The summed E-state index contributed by atoms with van der Waals surface area (Å²) in [5.74, 6) is 0.788. The van der Waals surface area contributed by atoms with Crippen molar-refractivity contribution in [3.05, 3.63) is 46.3 Å². The van der Waals surface area contributed by atoms with Crippen molar-refractivity contribution in [3.63, 3.8) is 0 Å². The largest absolute Gasteiger partial charge is 0.468 e. The number of hydrogen-bond acceptors (Lipinski definition) is 5. The zero-order valence-corrected chi connectivity index (χ0v) is 11.6. The molecule has 1 atom stereocenters. The van der Waals surface area contributed by atoms with Crippen molar-refractivity contribution in [3.8, 4) is 0 Å². The fourth-order valence-corrected chi connectivity index (χ4v) is 2.70. The Hall–Kier alpha value is -1.53. The van der Waals surface area contributed by atoms with E-state index in [2.05, 4.69) is 16.9 Å². The van der Waals surface area contributed by atoms with Crippen LogP contribution in [0.4, 0.5) is 0 Å². The van der Waals surface area contributed by atoms with Crippen molar-refractivity contribution < 1.29 is 4.42 Å². The molecule has 3 N–H and O–H groups in total. The molecule has 0 fully saturated rings. The van der Waals surface area contributed by atoms with Crippen molar-refractivity contribution in [2.45, 2.75) is 30.2 Å². The molecule has 0 spiro atoms. The fraction of sp³-hybridized carbons (Fsp3) is 0.385. The van der Waals surface area contributed by atoms with E-state index in [1.54, 1.807) is 6.26 Å². The van der Waals surface area contributed by atoms with Crippen molar-refractivity contribution in [2.24, 2.45) is 5.73 Å². The second-order valence-corrected chi connectivity index (χ2v) is 5.34. The minimum absolute atomic E-state index is 0.0463. The first-order valence-corrected chi connectivity index (χ1v) is 7.11. The quantitative estimate of drug-likeness (QED) is 0.625. The first kappa shape index (κ1) is 13.9. The van der Waals surface area contributed by atoms with Gasteiger partial charge in [0.05, 0.1) is 11.5 Å². The minimum atomic E-state index is -0.129. The number of rotatable bonds is 6. The van der Waals surface area contributed by atoms with Gasteiger partial charge in [0.15, 0.2) is 5.16 Å². The zero-order chi connectivity index (χ0) is 13.7. The SMILES string of the molecule is CCCc1cc(=O)[nH]c(SC(CN)c2ccco2)n1. The number of nitrogens with two attached hydrogens (primary N) is 1. The van der Waals surface area contributed by atoms with Crippen LogP contribution in [0.3, 0.4) is 0 Å². The second kappa shape index (κ2) is 6.58. The molecule has 2 aromatic heterocycles. The van der Waals surface area contributed by atoms with E-state index in [1.807, 2.05) is 12.1 Å². The average molecular weight is 279 g/mol. The van der Waals surface area contributed by atoms with E-state index in [-0.39, 0.29) is 10.8 Å². The third-order valence-corrected chi connectivity index (χ3v) is 3.73. The Labute approximate surface area is 115 Å². The first-order chi connectivity index (χ1) is 9.22. The van der Waals surface area contributed by atoms with Gasteiger partial charge >= 0.3 is 0 Å². The number of H-pyrrole nitrogens is 1. The van der Waals surface area contributed by atoms with Crippen LogP contribution in [0.25, 0.3) is 0 Å². The van der Waals surface area contributed by atoms with Crippen molar-refractivity contribution in [1.82, 2.24) is 9.97 Å². The van der Waals surface area contributed by atoms with Crippen LogP contribution in [-0.2, 0) is 6.42 Å². The average Bonchev–Trinajstić information content (AvgIpc) is 2.89. The third kappa shape index (κ3) is 3.71. The predicted molar refractivity (Wildman–Crippen MR) is 75.2 cm³/mol. The molecule has 19 heavy (non-hydrogen) atoms. The summed E-state index contributed by atoms with van der Waals surface area (Å²) in [6.45, 7) is 2.47. The van der Waals surface area contributed by atoms with Gasteiger partial charge in [-0.1, -0.05) is 25.1 Å². The Morgan fingerprint density at radius 3 is 3.05 bits per heavy atom. The molecule has 0 saturated heterocycles. The van der Waals surface area contributed by atoms with E-state index in [0.717, 1.165) is 24.3 Å². The highest BCUT2D eigenvalue weighted by molar-refractivity contribution is 7.99. The standard InChI is InChI=1S/C13H17N3O2S/c1-2-4-9-7-12(17)16-13(15-9)19-11(8-14)10-5-3-6-18-10/h3,5-7,11H,2,4,8,14H2,1H3,(H,15,16,17). The molecule has 2 rings (SSSR count). The molecule has 0 amide bonds. The second-order valence-electron chi connectivity index (χ2n) is 4.15. The molecule has 2 aromatic rings. The van der Waals surface area contributed by atoms with E-state index in [4.69, 9.17) is 10.2 Å². The fourth-order valence-electron chi connectivity index (χ4n) is 1.76. The number of aryl methyl sites for hydroxylation is 1. The first-order valence-electron chi connectivity index (χ1n) is 6.23. The van der Waals surface area contributed by atoms with Gasteiger partial charge in [0.25, 0.3) is 5.56 Å². The van der Waals surface area contributed by atoms with Gasteiger partial charge in [-0.3, -0.25) is 4.79 Å². The highest BCUT2D eigenvalue weighted by atomic mass is 32.2. The van der Waals surface area contributed by atoms with Gasteiger partial charge in [0, 0.05) is 18.3 Å². The van der Waals surface area contributed by atoms with E-state index >= 15 is 0 Å². The van der Waals surface area contributed by atoms with E-state index in [0.29, 0.717) is 11.7 Å². The Bertz CT molecular complexity index is 566. The monoisotopic (exact) mass is 279 g/mol. The van der Waals surface area contributed by atoms with Gasteiger partial charge in [-0.25, -0.2) is 4.98 Å². The molecule has 0 aliphatic rings. The number of furan rings is 1. The normalized spacial score (nSPS) is 12.5. The van der Waals surface area contributed by atoms with E-state index in [9.17, 15) is 4.79 Å². The lowest BCUT2D eigenvalue weighted by Crippen LogP contribution is -2.13. The lowest BCUT2D eigenvalue weighted by atomic mass is 10.2. The maximum absolute atomic E-state index is 11.6. The number of hydrogen-bond donors (Lipinski definition) is 2. The van der Waals surface area contributed by atoms with Crippen LogP contribution in [-0.4, -0.2) is 16.5 Å². The van der Waals surface area contributed by atoms with E-state index in [1.165, 1.54) is 17.8 Å². The molecule has 2 heterocycles. The van der Waals surface area contributed by atoms with Crippen LogP contribution in [0.2, 0.25) is 0 Å². The minimum Gasteiger partial charge on any atom is -0.468 e. The van der Waals surface area contributed by atoms with Gasteiger partial charge in [0.1, 0.15) is 5.76 Å². The summed E-state index contributed by atoms with van der Waals surface area (Å²) in [5.41, 5.74) is 6.43. The van der Waals surface area contributed by atoms with Crippen LogP contribution < -0.4 is 11.3 Å².